The molecule has 5 nitrogen and oxygen atoms in total. The Hall–Kier alpha value is -2.04. The summed E-state index contributed by atoms with van der Waals surface area (Å²) in [4.78, 5) is 15.4. The monoisotopic (exact) mass is 332 g/mol. The Morgan fingerprint density at radius 1 is 1.08 bits per heavy atom. The van der Waals surface area contributed by atoms with E-state index in [1.807, 2.05) is 6.92 Å². The molecule has 0 aliphatic heterocycles. The molecule has 0 heterocycles. The SMILES string of the molecule is CCNC(=NCCCc1ccc(C(C)C)cc1)NCCNC(C)=O. The van der Waals surface area contributed by atoms with Crippen molar-refractivity contribution in [2.75, 3.05) is 26.2 Å². The Morgan fingerprint density at radius 3 is 2.33 bits per heavy atom. The van der Waals surface area contributed by atoms with Crippen molar-refractivity contribution in [2.24, 2.45) is 4.99 Å². The molecule has 24 heavy (non-hydrogen) atoms. The third-order valence-corrected chi connectivity index (χ3v) is 3.68. The number of nitrogens with one attached hydrogen (secondary N) is 3. The fourth-order valence-electron chi connectivity index (χ4n) is 2.30. The predicted octanol–water partition coefficient (Wildman–Crippen LogP) is 2.43. The van der Waals surface area contributed by atoms with Crippen LogP contribution in [0.5, 0.6) is 0 Å². The summed E-state index contributed by atoms with van der Waals surface area (Å²) >= 11 is 0. The standard InChI is InChI=1S/C19H32N4O/c1-5-20-19(23-14-13-21-16(4)24)22-12-6-7-17-8-10-18(11-9-17)15(2)3/h8-11,15H,5-7,12-14H2,1-4H3,(H,21,24)(H2,20,22,23). The Labute approximate surface area is 146 Å². The van der Waals surface area contributed by atoms with E-state index in [0.29, 0.717) is 19.0 Å². The van der Waals surface area contributed by atoms with Crippen molar-refractivity contribution < 1.29 is 4.79 Å². The van der Waals surface area contributed by atoms with Crippen molar-refractivity contribution in [3.05, 3.63) is 35.4 Å². The highest BCUT2D eigenvalue weighted by molar-refractivity contribution is 5.79. The van der Waals surface area contributed by atoms with Gasteiger partial charge in [-0.1, -0.05) is 38.1 Å². The molecule has 1 aromatic carbocycles. The van der Waals surface area contributed by atoms with Crippen LogP contribution in [-0.2, 0) is 11.2 Å². The molecule has 0 aromatic heterocycles. The van der Waals surface area contributed by atoms with Gasteiger partial charge in [-0.15, -0.1) is 0 Å². The molecule has 0 aliphatic rings. The summed E-state index contributed by atoms with van der Waals surface area (Å²) in [5.41, 5.74) is 2.74. The van der Waals surface area contributed by atoms with Crippen LogP contribution in [0.1, 0.15) is 51.2 Å². The Balaban J connectivity index is 2.33. The second-order valence-corrected chi connectivity index (χ2v) is 6.17. The van der Waals surface area contributed by atoms with Gasteiger partial charge in [0.1, 0.15) is 0 Å². The number of aliphatic imine (C=N–C) groups is 1. The average Bonchev–Trinajstić information content (AvgIpc) is 2.55. The maximum Gasteiger partial charge on any atom is 0.216 e. The molecular formula is C19H32N4O. The van der Waals surface area contributed by atoms with Gasteiger partial charge in [-0.05, 0) is 36.8 Å². The molecule has 0 saturated carbocycles. The quantitative estimate of drug-likeness (QED) is 0.370. The van der Waals surface area contributed by atoms with Crippen LogP contribution in [0, 0.1) is 0 Å². The summed E-state index contributed by atoms with van der Waals surface area (Å²) in [6.07, 6.45) is 2.05. The highest BCUT2D eigenvalue weighted by Gasteiger charge is 2.00. The summed E-state index contributed by atoms with van der Waals surface area (Å²) < 4.78 is 0. The lowest BCUT2D eigenvalue weighted by Crippen LogP contribution is -2.41. The minimum absolute atomic E-state index is 0.0118. The predicted molar refractivity (Wildman–Crippen MR) is 102 cm³/mol. The van der Waals surface area contributed by atoms with Crippen molar-refractivity contribution in [2.45, 2.75) is 46.5 Å². The van der Waals surface area contributed by atoms with E-state index in [1.165, 1.54) is 18.1 Å². The lowest BCUT2D eigenvalue weighted by atomic mass is 10.0. The normalized spacial score (nSPS) is 11.5. The zero-order valence-corrected chi connectivity index (χ0v) is 15.5. The number of benzene rings is 1. The first kappa shape index (κ1) is 20.0. The molecule has 0 fully saturated rings. The number of hydrogen-bond acceptors (Lipinski definition) is 2. The maximum absolute atomic E-state index is 10.8. The van der Waals surface area contributed by atoms with Gasteiger partial charge >= 0.3 is 0 Å². The van der Waals surface area contributed by atoms with Crippen molar-refractivity contribution in [1.82, 2.24) is 16.0 Å². The van der Waals surface area contributed by atoms with Crippen LogP contribution < -0.4 is 16.0 Å². The van der Waals surface area contributed by atoms with Gasteiger partial charge in [0.15, 0.2) is 5.96 Å². The van der Waals surface area contributed by atoms with E-state index in [2.05, 4.69) is 59.1 Å². The molecule has 1 amide bonds. The van der Waals surface area contributed by atoms with Gasteiger partial charge in [0, 0.05) is 33.1 Å². The van der Waals surface area contributed by atoms with Gasteiger partial charge in [-0.25, -0.2) is 0 Å². The second kappa shape index (κ2) is 11.5. The van der Waals surface area contributed by atoms with Gasteiger partial charge in [-0.2, -0.15) is 0 Å². The van der Waals surface area contributed by atoms with Gasteiger partial charge in [-0.3, -0.25) is 9.79 Å². The first-order valence-corrected chi connectivity index (χ1v) is 8.88. The molecule has 0 aliphatic carbocycles. The molecule has 134 valence electrons. The number of carbonyl (C=O) groups is 1. The summed E-state index contributed by atoms with van der Waals surface area (Å²) in [5.74, 6) is 1.37. The molecule has 5 heteroatoms. The zero-order chi connectivity index (χ0) is 17.8. The van der Waals surface area contributed by atoms with Crippen LogP contribution in [0.25, 0.3) is 0 Å². The third kappa shape index (κ3) is 8.56. The fraction of sp³-hybridized carbons (Fsp3) is 0.579. The molecule has 0 radical (unpaired) electrons. The van der Waals surface area contributed by atoms with Crippen molar-refractivity contribution in [3.63, 3.8) is 0 Å². The summed E-state index contributed by atoms with van der Waals surface area (Å²) in [5, 5.41) is 9.19. The lowest BCUT2D eigenvalue weighted by molar-refractivity contribution is -0.118. The number of rotatable bonds is 9. The second-order valence-electron chi connectivity index (χ2n) is 6.17. The first-order valence-electron chi connectivity index (χ1n) is 8.88. The topological polar surface area (TPSA) is 65.5 Å². The Morgan fingerprint density at radius 2 is 1.75 bits per heavy atom. The molecule has 0 atom stereocenters. The van der Waals surface area contributed by atoms with Gasteiger partial charge in [0.05, 0.1) is 0 Å². The molecular weight excluding hydrogens is 300 g/mol. The van der Waals surface area contributed by atoms with E-state index in [1.54, 1.807) is 0 Å². The zero-order valence-electron chi connectivity index (χ0n) is 15.5. The molecule has 0 bridgehead atoms. The van der Waals surface area contributed by atoms with E-state index >= 15 is 0 Å². The van der Waals surface area contributed by atoms with E-state index in [0.717, 1.165) is 31.9 Å². The Kier molecular flexibility index (Phi) is 9.58. The van der Waals surface area contributed by atoms with E-state index in [-0.39, 0.29) is 5.91 Å². The highest BCUT2D eigenvalue weighted by atomic mass is 16.1. The minimum atomic E-state index is -0.0118. The number of carbonyl (C=O) groups excluding carboxylic acids is 1. The van der Waals surface area contributed by atoms with E-state index in [9.17, 15) is 4.79 Å². The summed E-state index contributed by atoms with van der Waals surface area (Å²) in [7, 11) is 0. The third-order valence-electron chi connectivity index (χ3n) is 3.68. The molecule has 0 saturated heterocycles. The molecule has 0 unspecified atom stereocenters. The van der Waals surface area contributed by atoms with Crippen LogP contribution in [0.4, 0.5) is 0 Å². The first-order chi connectivity index (χ1) is 11.5. The highest BCUT2D eigenvalue weighted by Crippen LogP contribution is 2.15. The smallest absolute Gasteiger partial charge is 0.216 e. The van der Waals surface area contributed by atoms with Crippen molar-refractivity contribution in [1.29, 1.82) is 0 Å². The maximum atomic E-state index is 10.8. The fourth-order valence-corrected chi connectivity index (χ4v) is 2.30. The van der Waals surface area contributed by atoms with Crippen LogP contribution in [0.3, 0.4) is 0 Å². The number of amides is 1. The van der Waals surface area contributed by atoms with Crippen molar-refractivity contribution >= 4 is 11.9 Å². The number of hydrogen-bond donors (Lipinski definition) is 3. The van der Waals surface area contributed by atoms with Crippen molar-refractivity contribution in [3.8, 4) is 0 Å². The Bertz CT molecular complexity index is 509. The summed E-state index contributed by atoms with van der Waals surface area (Å²) in [6.45, 7) is 10.9. The van der Waals surface area contributed by atoms with Crippen LogP contribution in [0.2, 0.25) is 0 Å². The van der Waals surface area contributed by atoms with Gasteiger partial charge in [0.25, 0.3) is 0 Å². The number of nitrogens with zero attached hydrogens (tertiary/aromatic N) is 1. The minimum Gasteiger partial charge on any atom is -0.357 e. The molecule has 1 rings (SSSR count). The molecule has 1 aromatic rings. The van der Waals surface area contributed by atoms with Crippen LogP contribution in [-0.4, -0.2) is 38.0 Å². The lowest BCUT2D eigenvalue weighted by Gasteiger charge is -2.11. The van der Waals surface area contributed by atoms with E-state index in [4.69, 9.17) is 0 Å². The average molecular weight is 332 g/mol. The molecule has 3 N–H and O–H groups in total. The number of guanidine groups is 1. The molecule has 0 spiro atoms. The number of aryl methyl sites for hydroxylation is 1. The van der Waals surface area contributed by atoms with Gasteiger partial charge in [0.2, 0.25) is 5.91 Å². The largest absolute Gasteiger partial charge is 0.357 e. The van der Waals surface area contributed by atoms with Crippen LogP contribution in [0.15, 0.2) is 29.3 Å². The van der Waals surface area contributed by atoms with Crippen LogP contribution >= 0.6 is 0 Å². The summed E-state index contributed by atoms with van der Waals surface area (Å²) in [6, 6.07) is 8.87. The van der Waals surface area contributed by atoms with Gasteiger partial charge < -0.3 is 16.0 Å². The van der Waals surface area contributed by atoms with E-state index < -0.39 is 0 Å².